The Morgan fingerprint density at radius 2 is 1.30 bits per heavy atom. The van der Waals surface area contributed by atoms with Crippen molar-refractivity contribution in [2.24, 2.45) is 10.8 Å². The molecule has 0 saturated heterocycles. The number of nitrogens with zero attached hydrogens (tertiary/aromatic N) is 2. The van der Waals surface area contributed by atoms with E-state index in [2.05, 4.69) is 159 Å². The van der Waals surface area contributed by atoms with Crippen LogP contribution in [0.5, 0.6) is 0 Å². The summed E-state index contributed by atoms with van der Waals surface area (Å²) in [5.41, 5.74) is 11.4. The van der Waals surface area contributed by atoms with Gasteiger partial charge in [0.2, 0.25) is 0 Å². The number of aromatic nitrogens is 2. The summed E-state index contributed by atoms with van der Waals surface area (Å²) in [6, 6.07) is 41.0. The molecular formula is C48H52IrN2SSi-2. The van der Waals surface area contributed by atoms with Crippen LogP contribution in [0.3, 0.4) is 0 Å². The monoisotopic (exact) mass is 909 g/mol. The fourth-order valence-corrected chi connectivity index (χ4v) is 9.62. The zero-order valence-corrected chi connectivity index (χ0v) is 37.2. The second-order valence-electron chi connectivity index (χ2n) is 17.5. The van der Waals surface area contributed by atoms with Gasteiger partial charge in [0.25, 0.3) is 0 Å². The minimum Gasteiger partial charge on any atom is -0.305 e. The van der Waals surface area contributed by atoms with E-state index in [9.17, 15) is 0 Å². The summed E-state index contributed by atoms with van der Waals surface area (Å²) in [5.74, 6) is 0. The summed E-state index contributed by atoms with van der Waals surface area (Å²) < 4.78 is 2.57. The second kappa shape index (κ2) is 16.3. The van der Waals surface area contributed by atoms with Crippen LogP contribution in [-0.4, -0.2) is 18.0 Å². The molecule has 5 heteroatoms. The molecule has 3 heterocycles. The fraction of sp³-hybridized carbons (Fsp3) is 0.292. The van der Waals surface area contributed by atoms with E-state index < -0.39 is 8.07 Å². The largest absolute Gasteiger partial charge is 0.305 e. The third kappa shape index (κ3) is 10.1. The first kappa shape index (κ1) is 40.5. The van der Waals surface area contributed by atoms with Crippen LogP contribution in [-0.2, 0) is 32.9 Å². The van der Waals surface area contributed by atoms with Crippen LogP contribution in [0.4, 0.5) is 0 Å². The number of rotatable bonds is 6. The van der Waals surface area contributed by atoms with E-state index in [1.165, 1.54) is 53.2 Å². The normalized spacial score (nSPS) is 12.0. The number of thiophene rings is 1. The van der Waals surface area contributed by atoms with Crippen LogP contribution >= 0.6 is 11.3 Å². The van der Waals surface area contributed by atoms with E-state index in [0.717, 1.165) is 35.4 Å². The predicted octanol–water partition coefficient (Wildman–Crippen LogP) is 13.2. The first-order valence-corrected chi connectivity index (χ1v) is 22.7. The molecule has 0 aliphatic carbocycles. The van der Waals surface area contributed by atoms with Gasteiger partial charge in [0.05, 0.1) is 8.07 Å². The standard InChI is InChI=1S/C29H26NS.C19H26NSi.Ir/c1-19-18-30-26(15-22(19)17-29(2,3)4)25-12-8-11-24-23-14-13-21(16-27(23)31-28(24)25)20-9-6-5-7-10-20;1-19(2,3)13-16-12-17(15-10-8-7-9-11-15)20-14-18(16)21(4,5)6;/h5-11,13-16,18H,17H2,1-4H3;7-10,12,14H,13H2,1-6H3;/q2*-1;. The second-order valence-corrected chi connectivity index (χ2v) is 23.6. The smallest absolute Gasteiger partial charge is 0.0798 e. The molecular weight excluding hydrogens is 857 g/mol. The van der Waals surface area contributed by atoms with Gasteiger partial charge in [0, 0.05) is 37.2 Å². The molecule has 3 aromatic heterocycles. The minimum atomic E-state index is -1.37. The molecule has 0 aliphatic heterocycles. The van der Waals surface area contributed by atoms with Crippen molar-refractivity contribution in [1.82, 2.24) is 9.97 Å². The molecule has 7 rings (SSSR count). The van der Waals surface area contributed by atoms with Crippen molar-refractivity contribution in [2.45, 2.75) is 80.9 Å². The Morgan fingerprint density at radius 1 is 0.642 bits per heavy atom. The molecule has 2 nitrogen and oxygen atoms in total. The third-order valence-corrected chi connectivity index (χ3v) is 12.5. The third-order valence-electron chi connectivity index (χ3n) is 9.24. The number of aryl methyl sites for hydroxylation is 1. The number of benzene rings is 4. The van der Waals surface area contributed by atoms with Crippen LogP contribution in [0.15, 0.2) is 109 Å². The Hall–Kier alpha value is -3.73. The fourth-order valence-electron chi connectivity index (χ4n) is 6.80. The molecule has 0 fully saturated rings. The van der Waals surface area contributed by atoms with E-state index >= 15 is 0 Å². The topological polar surface area (TPSA) is 25.8 Å². The molecule has 0 aliphatic rings. The van der Waals surface area contributed by atoms with Gasteiger partial charge < -0.3 is 9.97 Å². The van der Waals surface area contributed by atoms with Gasteiger partial charge in [0.1, 0.15) is 0 Å². The van der Waals surface area contributed by atoms with Crippen molar-refractivity contribution < 1.29 is 20.1 Å². The minimum absolute atomic E-state index is 0. The predicted molar refractivity (Wildman–Crippen MR) is 229 cm³/mol. The molecule has 0 amide bonds. The molecule has 0 saturated carbocycles. The molecule has 275 valence electrons. The van der Waals surface area contributed by atoms with Gasteiger partial charge in [0.15, 0.2) is 0 Å². The van der Waals surface area contributed by atoms with Crippen LogP contribution in [0.2, 0.25) is 19.6 Å². The Balaban J connectivity index is 0.000000216. The van der Waals surface area contributed by atoms with Crippen molar-refractivity contribution in [1.29, 1.82) is 0 Å². The maximum atomic E-state index is 4.80. The van der Waals surface area contributed by atoms with Gasteiger partial charge in [-0.15, -0.1) is 59.7 Å². The van der Waals surface area contributed by atoms with Crippen LogP contribution in [0.25, 0.3) is 53.8 Å². The molecule has 0 N–H and O–H groups in total. The Morgan fingerprint density at radius 3 is 1.96 bits per heavy atom. The Bertz CT molecular complexity index is 2310. The maximum Gasteiger partial charge on any atom is 0.0798 e. The van der Waals surface area contributed by atoms with E-state index in [-0.39, 0.29) is 30.9 Å². The van der Waals surface area contributed by atoms with Crippen LogP contribution in [0, 0.1) is 29.9 Å². The van der Waals surface area contributed by atoms with Gasteiger partial charge >= 0.3 is 0 Å². The average molecular weight is 909 g/mol. The molecule has 0 spiro atoms. The van der Waals surface area contributed by atoms with E-state index in [0.29, 0.717) is 0 Å². The first-order chi connectivity index (χ1) is 24.6. The van der Waals surface area contributed by atoms with E-state index in [4.69, 9.17) is 9.97 Å². The van der Waals surface area contributed by atoms with Gasteiger partial charge in [-0.05, 0) is 80.0 Å². The number of hydrogen-bond acceptors (Lipinski definition) is 3. The average Bonchev–Trinajstić information content (AvgIpc) is 3.47. The molecule has 53 heavy (non-hydrogen) atoms. The maximum absolute atomic E-state index is 4.80. The quantitative estimate of drug-likeness (QED) is 0.123. The zero-order valence-electron chi connectivity index (χ0n) is 32.9. The van der Waals surface area contributed by atoms with Crippen LogP contribution < -0.4 is 5.19 Å². The first-order valence-electron chi connectivity index (χ1n) is 18.4. The Labute approximate surface area is 336 Å². The van der Waals surface area contributed by atoms with Gasteiger partial charge in [-0.3, -0.25) is 0 Å². The van der Waals surface area contributed by atoms with Gasteiger partial charge in [-0.1, -0.05) is 132 Å². The summed E-state index contributed by atoms with van der Waals surface area (Å²) in [7, 11) is -1.37. The summed E-state index contributed by atoms with van der Waals surface area (Å²) in [6.07, 6.45) is 6.26. The SMILES string of the molecule is CC(C)(C)Cc1cc(-c2[c-]cccc2)ncc1[Si](C)(C)C.Cc1cnc(-c2[c-]ccc3c2sc2cc(-c4ccccc4)ccc23)cc1CC(C)(C)C.[Ir]. The van der Waals surface area contributed by atoms with Crippen molar-refractivity contribution >= 4 is 44.8 Å². The molecule has 0 unspecified atom stereocenters. The van der Waals surface area contributed by atoms with Crippen molar-refractivity contribution in [2.75, 3.05) is 0 Å². The van der Waals surface area contributed by atoms with E-state index in [1.54, 1.807) is 0 Å². The van der Waals surface area contributed by atoms with Crippen molar-refractivity contribution in [3.63, 3.8) is 0 Å². The van der Waals surface area contributed by atoms with Gasteiger partial charge in [-0.25, -0.2) is 0 Å². The molecule has 0 atom stereocenters. The molecule has 4 aromatic carbocycles. The van der Waals surface area contributed by atoms with Crippen molar-refractivity contribution in [3.05, 3.63) is 138 Å². The van der Waals surface area contributed by atoms with Crippen molar-refractivity contribution in [3.8, 4) is 33.6 Å². The molecule has 7 aromatic rings. The van der Waals surface area contributed by atoms with E-state index in [1.807, 2.05) is 41.8 Å². The number of hydrogen-bond donors (Lipinski definition) is 0. The number of pyridine rings is 2. The zero-order chi connectivity index (χ0) is 37.3. The van der Waals surface area contributed by atoms with Crippen LogP contribution in [0.1, 0.15) is 58.2 Å². The summed E-state index contributed by atoms with van der Waals surface area (Å²) >= 11 is 1.84. The Kier molecular flexibility index (Phi) is 12.5. The summed E-state index contributed by atoms with van der Waals surface area (Å²) in [5, 5.41) is 4.07. The molecule has 0 bridgehead atoms. The summed E-state index contributed by atoms with van der Waals surface area (Å²) in [4.78, 5) is 9.51. The number of fused-ring (bicyclic) bond motifs is 3. The summed E-state index contributed by atoms with van der Waals surface area (Å²) in [6.45, 7) is 23.1. The van der Waals surface area contributed by atoms with Gasteiger partial charge in [-0.2, -0.15) is 11.3 Å². The molecule has 1 radical (unpaired) electrons.